The van der Waals surface area contributed by atoms with Crippen molar-refractivity contribution < 1.29 is 9.53 Å². The second kappa shape index (κ2) is 4.35. The van der Waals surface area contributed by atoms with Crippen molar-refractivity contribution in [2.75, 3.05) is 0 Å². The van der Waals surface area contributed by atoms with E-state index in [0.717, 1.165) is 12.8 Å². The highest BCUT2D eigenvalue weighted by Crippen LogP contribution is 2.38. The van der Waals surface area contributed by atoms with Crippen LogP contribution in [0.5, 0.6) is 5.75 Å². The molecule has 0 amide bonds. The molecule has 0 saturated heterocycles. The summed E-state index contributed by atoms with van der Waals surface area (Å²) in [7, 11) is 0. The molecule has 0 bridgehead atoms. The van der Waals surface area contributed by atoms with Crippen LogP contribution in [-0.4, -0.2) is 11.9 Å². The molecule has 1 heterocycles. The summed E-state index contributed by atoms with van der Waals surface area (Å²) in [6.45, 7) is 0. The highest BCUT2D eigenvalue weighted by atomic mass is 35.5. The number of halogens is 1. The topological polar surface area (TPSA) is 26.3 Å². The van der Waals surface area contributed by atoms with Gasteiger partial charge in [-0.3, -0.25) is 4.79 Å². The quantitative estimate of drug-likeness (QED) is 0.737. The standard InChI is InChI=1S/C17H13ClO2/c18-12-5-6-15-14(9-12)17(19)13-7-10-3-1-2-4-11(10)8-16(13)20-15/h1-6,9,13,16H,7-8H2/t13-,16-/m1/s1. The Bertz CT molecular complexity index is 708. The van der Waals surface area contributed by atoms with Gasteiger partial charge < -0.3 is 4.74 Å². The largest absolute Gasteiger partial charge is 0.489 e. The summed E-state index contributed by atoms with van der Waals surface area (Å²) in [4.78, 5) is 12.7. The van der Waals surface area contributed by atoms with Gasteiger partial charge in [0.05, 0.1) is 11.5 Å². The van der Waals surface area contributed by atoms with E-state index >= 15 is 0 Å². The van der Waals surface area contributed by atoms with Crippen molar-refractivity contribution in [3.05, 3.63) is 64.2 Å². The molecule has 0 unspecified atom stereocenters. The predicted molar refractivity (Wildman–Crippen MR) is 77.5 cm³/mol. The molecule has 0 saturated carbocycles. The van der Waals surface area contributed by atoms with Gasteiger partial charge >= 0.3 is 0 Å². The van der Waals surface area contributed by atoms with Crippen LogP contribution in [0.1, 0.15) is 21.5 Å². The molecule has 4 rings (SSSR count). The highest BCUT2D eigenvalue weighted by Gasteiger charge is 2.40. The van der Waals surface area contributed by atoms with Gasteiger partial charge in [0.25, 0.3) is 0 Å². The zero-order valence-electron chi connectivity index (χ0n) is 10.8. The van der Waals surface area contributed by atoms with Crippen LogP contribution in [0.2, 0.25) is 5.02 Å². The van der Waals surface area contributed by atoms with E-state index in [0.29, 0.717) is 16.3 Å². The normalized spacial score (nSPS) is 23.4. The van der Waals surface area contributed by atoms with Gasteiger partial charge in [-0.05, 0) is 35.7 Å². The van der Waals surface area contributed by atoms with Gasteiger partial charge in [0, 0.05) is 11.4 Å². The molecule has 0 fully saturated rings. The van der Waals surface area contributed by atoms with E-state index in [2.05, 4.69) is 12.1 Å². The van der Waals surface area contributed by atoms with Gasteiger partial charge in [-0.15, -0.1) is 0 Å². The molecule has 3 heteroatoms. The lowest BCUT2D eigenvalue weighted by atomic mass is 9.76. The maximum absolute atomic E-state index is 12.7. The average Bonchev–Trinajstić information content (AvgIpc) is 2.47. The molecule has 2 aromatic carbocycles. The molecule has 2 aromatic rings. The maximum atomic E-state index is 12.7. The van der Waals surface area contributed by atoms with Gasteiger partial charge in [-0.1, -0.05) is 35.9 Å². The third-order valence-corrected chi connectivity index (χ3v) is 4.49. The molecule has 2 atom stereocenters. The summed E-state index contributed by atoms with van der Waals surface area (Å²) in [5, 5.41) is 0.579. The second-order valence-electron chi connectivity index (χ2n) is 5.44. The van der Waals surface area contributed by atoms with Crippen molar-refractivity contribution in [3.63, 3.8) is 0 Å². The summed E-state index contributed by atoms with van der Waals surface area (Å²) < 4.78 is 6.04. The van der Waals surface area contributed by atoms with Crippen molar-refractivity contribution in [1.82, 2.24) is 0 Å². The van der Waals surface area contributed by atoms with Gasteiger partial charge in [-0.2, -0.15) is 0 Å². The van der Waals surface area contributed by atoms with Gasteiger partial charge in [0.15, 0.2) is 5.78 Å². The summed E-state index contributed by atoms with van der Waals surface area (Å²) >= 11 is 5.99. The number of hydrogen-bond acceptors (Lipinski definition) is 2. The SMILES string of the molecule is O=C1c2cc(Cl)ccc2O[C@@H]2Cc3ccccc3C[C@@H]12. The number of Topliss-reactive ketones (excluding diaryl/α,β-unsaturated/α-hetero) is 1. The molecular weight excluding hydrogens is 272 g/mol. The third-order valence-electron chi connectivity index (χ3n) is 4.25. The first-order valence-corrected chi connectivity index (χ1v) is 7.17. The highest BCUT2D eigenvalue weighted by molar-refractivity contribution is 6.31. The van der Waals surface area contributed by atoms with E-state index < -0.39 is 0 Å². The Morgan fingerprint density at radius 2 is 1.80 bits per heavy atom. The molecule has 0 radical (unpaired) electrons. The molecule has 0 N–H and O–H groups in total. The number of ketones is 1. The Morgan fingerprint density at radius 1 is 1.05 bits per heavy atom. The lowest BCUT2D eigenvalue weighted by molar-refractivity contribution is 0.0634. The Morgan fingerprint density at radius 3 is 2.60 bits per heavy atom. The van der Waals surface area contributed by atoms with E-state index in [-0.39, 0.29) is 17.8 Å². The molecule has 100 valence electrons. The molecule has 1 aliphatic carbocycles. The van der Waals surface area contributed by atoms with Gasteiger partial charge in [0.1, 0.15) is 11.9 Å². The number of fused-ring (bicyclic) bond motifs is 3. The van der Waals surface area contributed by atoms with Gasteiger partial charge in [0.2, 0.25) is 0 Å². The summed E-state index contributed by atoms with van der Waals surface area (Å²) in [6.07, 6.45) is 1.51. The molecule has 2 nitrogen and oxygen atoms in total. The minimum atomic E-state index is -0.0872. The zero-order valence-corrected chi connectivity index (χ0v) is 11.6. The molecule has 20 heavy (non-hydrogen) atoms. The van der Waals surface area contributed by atoms with Crippen molar-refractivity contribution in [2.45, 2.75) is 18.9 Å². The first-order chi connectivity index (χ1) is 9.72. The Balaban J connectivity index is 1.77. The Labute approximate surface area is 122 Å². The molecular formula is C17H13ClO2. The van der Waals surface area contributed by atoms with Crippen LogP contribution in [-0.2, 0) is 12.8 Å². The number of ether oxygens (including phenoxy) is 1. The first kappa shape index (κ1) is 12.0. The fourth-order valence-corrected chi connectivity index (χ4v) is 3.40. The summed E-state index contributed by atoms with van der Waals surface area (Å²) in [6, 6.07) is 13.6. The van der Waals surface area contributed by atoms with Gasteiger partial charge in [-0.25, -0.2) is 0 Å². The summed E-state index contributed by atoms with van der Waals surface area (Å²) in [5.74, 6) is 0.740. The van der Waals surface area contributed by atoms with Crippen molar-refractivity contribution in [2.24, 2.45) is 5.92 Å². The number of carbonyl (C=O) groups is 1. The minimum absolute atomic E-state index is 0.0499. The van der Waals surface area contributed by atoms with E-state index in [1.165, 1.54) is 11.1 Å². The predicted octanol–water partition coefficient (Wildman–Crippen LogP) is 3.70. The Hall–Kier alpha value is -1.80. The Kier molecular flexibility index (Phi) is 2.61. The number of hydrogen-bond donors (Lipinski definition) is 0. The zero-order chi connectivity index (χ0) is 13.7. The molecule has 2 aliphatic rings. The first-order valence-electron chi connectivity index (χ1n) is 6.79. The molecule has 0 spiro atoms. The van der Waals surface area contributed by atoms with Crippen LogP contribution < -0.4 is 4.74 Å². The third kappa shape index (κ3) is 1.75. The summed E-state index contributed by atoms with van der Waals surface area (Å²) in [5.41, 5.74) is 3.17. The fraction of sp³-hybridized carbons (Fsp3) is 0.235. The average molecular weight is 285 g/mol. The van der Waals surface area contributed by atoms with Crippen LogP contribution in [0, 0.1) is 5.92 Å². The molecule has 1 aliphatic heterocycles. The van der Waals surface area contributed by atoms with E-state index in [1.807, 2.05) is 12.1 Å². The monoisotopic (exact) mass is 284 g/mol. The maximum Gasteiger partial charge on any atom is 0.173 e. The van der Waals surface area contributed by atoms with E-state index in [1.54, 1.807) is 18.2 Å². The van der Waals surface area contributed by atoms with Crippen LogP contribution in [0.4, 0.5) is 0 Å². The number of rotatable bonds is 0. The minimum Gasteiger partial charge on any atom is -0.489 e. The lowest BCUT2D eigenvalue weighted by Gasteiger charge is -2.36. The van der Waals surface area contributed by atoms with Crippen molar-refractivity contribution in [1.29, 1.82) is 0 Å². The van der Waals surface area contributed by atoms with E-state index in [9.17, 15) is 4.79 Å². The van der Waals surface area contributed by atoms with E-state index in [4.69, 9.17) is 16.3 Å². The number of carbonyl (C=O) groups excluding carboxylic acids is 1. The number of benzene rings is 2. The van der Waals surface area contributed by atoms with Crippen LogP contribution in [0.15, 0.2) is 42.5 Å². The second-order valence-corrected chi connectivity index (χ2v) is 5.88. The van der Waals surface area contributed by atoms with Crippen molar-refractivity contribution >= 4 is 17.4 Å². The lowest BCUT2D eigenvalue weighted by Crippen LogP contribution is -2.43. The smallest absolute Gasteiger partial charge is 0.173 e. The molecule has 0 aromatic heterocycles. The van der Waals surface area contributed by atoms with Crippen LogP contribution in [0.3, 0.4) is 0 Å². The van der Waals surface area contributed by atoms with Crippen LogP contribution >= 0.6 is 11.6 Å². The van der Waals surface area contributed by atoms with Crippen molar-refractivity contribution in [3.8, 4) is 5.75 Å². The van der Waals surface area contributed by atoms with Crippen LogP contribution in [0.25, 0.3) is 0 Å². The fourth-order valence-electron chi connectivity index (χ4n) is 3.23.